The molecule has 2 heterocycles. The van der Waals surface area contributed by atoms with Gasteiger partial charge >= 0.3 is 6.03 Å². The molecule has 3 atom stereocenters. The summed E-state index contributed by atoms with van der Waals surface area (Å²) in [6.45, 7) is 1.04. The molecule has 8 nitrogen and oxygen atoms in total. The maximum Gasteiger partial charge on any atom is 0.320 e. The van der Waals surface area contributed by atoms with E-state index in [4.69, 9.17) is 14.0 Å². The van der Waals surface area contributed by atoms with Crippen molar-refractivity contribution in [2.45, 2.75) is 43.2 Å². The summed E-state index contributed by atoms with van der Waals surface area (Å²) in [5.41, 5.74) is 1.35. The molecule has 0 bridgehead atoms. The topological polar surface area (TPSA) is 88.9 Å². The number of fused-ring (bicyclic) bond motifs is 1. The van der Waals surface area contributed by atoms with Crippen molar-refractivity contribution in [3.8, 4) is 11.5 Å². The van der Waals surface area contributed by atoms with Gasteiger partial charge in [-0.25, -0.2) is 4.79 Å². The van der Waals surface area contributed by atoms with Crippen molar-refractivity contribution in [2.75, 3.05) is 33.1 Å². The zero-order valence-electron chi connectivity index (χ0n) is 17.1. The Morgan fingerprint density at radius 2 is 2.07 bits per heavy atom. The fourth-order valence-electron chi connectivity index (χ4n) is 5.01. The summed E-state index contributed by atoms with van der Waals surface area (Å²) < 4.78 is 15.7. The van der Waals surface area contributed by atoms with Gasteiger partial charge in [0.05, 0.1) is 14.2 Å². The maximum atomic E-state index is 12.3. The van der Waals surface area contributed by atoms with Crippen LogP contribution in [0.2, 0.25) is 0 Å². The first kappa shape index (κ1) is 19.6. The SMILES string of the molecule is COc1ccc([C@@]23CC[C@@H](NC(=O)Nc4ccon4)C[C@@H]2N(C)CC3)cc1OC. The number of likely N-dealkylation sites (tertiary alicyclic amines) is 1. The van der Waals surface area contributed by atoms with E-state index in [1.54, 1.807) is 20.3 Å². The van der Waals surface area contributed by atoms with Gasteiger partial charge in [-0.1, -0.05) is 11.2 Å². The molecule has 2 amide bonds. The number of aromatic nitrogens is 1. The van der Waals surface area contributed by atoms with Crippen LogP contribution in [0.25, 0.3) is 0 Å². The summed E-state index contributed by atoms with van der Waals surface area (Å²) in [5.74, 6) is 1.92. The summed E-state index contributed by atoms with van der Waals surface area (Å²) in [7, 11) is 5.50. The van der Waals surface area contributed by atoms with Gasteiger partial charge < -0.3 is 24.2 Å². The van der Waals surface area contributed by atoms with Crippen LogP contribution >= 0.6 is 0 Å². The van der Waals surface area contributed by atoms with E-state index in [0.29, 0.717) is 11.9 Å². The Labute approximate surface area is 170 Å². The second-order valence-electron chi connectivity index (χ2n) is 7.93. The normalized spacial score (nSPS) is 26.6. The molecule has 156 valence electrons. The molecule has 1 aromatic heterocycles. The molecule has 0 spiro atoms. The van der Waals surface area contributed by atoms with Gasteiger partial charge in [0.15, 0.2) is 17.3 Å². The van der Waals surface area contributed by atoms with Crippen molar-refractivity contribution in [2.24, 2.45) is 0 Å². The van der Waals surface area contributed by atoms with Crippen LogP contribution in [0.3, 0.4) is 0 Å². The van der Waals surface area contributed by atoms with Gasteiger partial charge in [0, 0.05) is 23.6 Å². The molecule has 29 heavy (non-hydrogen) atoms. The van der Waals surface area contributed by atoms with Crippen molar-refractivity contribution in [3.05, 3.63) is 36.1 Å². The highest BCUT2D eigenvalue weighted by atomic mass is 16.5. The van der Waals surface area contributed by atoms with E-state index in [1.807, 2.05) is 6.07 Å². The van der Waals surface area contributed by atoms with Crippen LogP contribution in [-0.2, 0) is 5.41 Å². The number of hydrogen-bond donors (Lipinski definition) is 2. The molecular weight excluding hydrogens is 372 g/mol. The Morgan fingerprint density at radius 1 is 1.24 bits per heavy atom. The van der Waals surface area contributed by atoms with Gasteiger partial charge in [-0.05, 0) is 57.0 Å². The number of benzene rings is 1. The van der Waals surface area contributed by atoms with Crippen LogP contribution in [0.5, 0.6) is 11.5 Å². The number of carbonyl (C=O) groups is 1. The minimum Gasteiger partial charge on any atom is -0.493 e. The Kier molecular flexibility index (Phi) is 5.36. The van der Waals surface area contributed by atoms with E-state index in [9.17, 15) is 4.79 Å². The molecule has 8 heteroatoms. The lowest BCUT2D eigenvalue weighted by atomic mass is 9.65. The van der Waals surface area contributed by atoms with Crippen LogP contribution in [0.4, 0.5) is 10.6 Å². The van der Waals surface area contributed by atoms with Crippen LogP contribution < -0.4 is 20.1 Å². The molecular formula is C21H28N4O4. The zero-order chi connectivity index (χ0) is 20.4. The lowest BCUT2D eigenvalue weighted by molar-refractivity contribution is 0.156. The van der Waals surface area contributed by atoms with Gasteiger partial charge in [0.1, 0.15) is 6.26 Å². The molecule has 1 aliphatic carbocycles. The summed E-state index contributed by atoms with van der Waals surface area (Å²) >= 11 is 0. The third-order valence-electron chi connectivity index (χ3n) is 6.50. The number of nitrogens with one attached hydrogen (secondary N) is 2. The van der Waals surface area contributed by atoms with E-state index >= 15 is 0 Å². The average Bonchev–Trinajstić information content (AvgIpc) is 3.36. The summed E-state index contributed by atoms with van der Waals surface area (Å²) in [6.07, 6.45) is 5.36. The fraction of sp³-hybridized carbons (Fsp3) is 0.524. The first-order valence-corrected chi connectivity index (χ1v) is 9.96. The minimum absolute atomic E-state index is 0.0646. The quantitative estimate of drug-likeness (QED) is 0.802. The number of carbonyl (C=O) groups excluding carboxylic acids is 1. The third-order valence-corrected chi connectivity index (χ3v) is 6.50. The Balaban J connectivity index is 1.50. The van der Waals surface area contributed by atoms with Crippen molar-refractivity contribution in [1.29, 1.82) is 0 Å². The summed E-state index contributed by atoms with van der Waals surface area (Å²) in [6, 6.07) is 8.12. The van der Waals surface area contributed by atoms with Crippen LogP contribution in [0.15, 0.2) is 35.1 Å². The fourth-order valence-corrected chi connectivity index (χ4v) is 5.01. The highest BCUT2D eigenvalue weighted by molar-refractivity contribution is 5.88. The molecule has 0 radical (unpaired) electrons. The van der Waals surface area contributed by atoms with Crippen molar-refractivity contribution in [3.63, 3.8) is 0 Å². The maximum absolute atomic E-state index is 12.3. The molecule has 2 N–H and O–H groups in total. The molecule has 2 aromatic rings. The van der Waals surface area contributed by atoms with Crippen molar-refractivity contribution < 1.29 is 18.8 Å². The molecule has 1 saturated heterocycles. The summed E-state index contributed by atoms with van der Waals surface area (Å²) in [5, 5.41) is 9.53. The van der Waals surface area contributed by atoms with E-state index in [2.05, 4.69) is 39.9 Å². The highest BCUT2D eigenvalue weighted by Crippen LogP contribution is 2.49. The number of hydrogen-bond acceptors (Lipinski definition) is 6. The van der Waals surface area contributed by atoms with E-state index in [1.165, 1.54) is 11.8 Å². The van der Waals surface area contributed by atoms with Gasteiger partial charge in [-0.2, -0.15) is 0 Å². The highest BCUT2D eigenvalue weighted by Gasteiger charge is 2.50. The molecule has 0 unspecified atom stereocenters. The van der Waals surface area contributed by atoms with Gasteiger partial charge in [-0.3, -0.25) is 5.32 Å². The second kappa shape index (κ2) is 7.94. The Hall–Kier alpha value is -2.74. The van der Waals surface area contributed by atoms with E-state index < -0.39 is 0 Å². The van der Waals surface area contributed by atoms with E-state index in [0.717, 1.165) is 43.7 Å². The lowest BCUT2D eigenvalue weighted by Crippen LogP contribution is -2.52. The molecule has 2 aliphatic rings. The standard InChI is InChI=1S/C21H28N4O4/c1-25-10-9-21(14-4-5-16(27-2)17(12-14)28-3)8-6-15(13-18(21)25)22-20(26)23-19-7-11-29-24-19/h4-5,7,11-12,15,18H,6,8-10,13H2,1-3H3,(H2,22,23,24,26)/t15-,18+,21+/m1/s1. The summed E-state index contributed by atoms with van der Waals surface area (Å²) in [4.78, 5) is 14.7. The number of ether oxygens (including phenoxy) is 2. The minimum atomic E-state index is -0.247. The predicted molar refractivity (Wildman–Crippen MR) is 109 cm³/mol. The molecule has 2 fully saturated rings. The number of urea groups is 1. The number of nitrogens with zero attached hydrogens (tertiary/aromatic N) is 2. The van der Waals surface area contributed by atoms with Crippen LogP contribution in [0, 0.1) is 0 Å². The van der Waals surface area contributed by atoms with Crippen LogP contribution in [0.1, 0.15) is 31.2 Å². The van der Waals surface area contributed by atoms with Gasteiger partial charge in [0.2, 0.25) is 0 Å². The smallest absolute Gasteiger partial charge is 0.320 e. The monoisotopic (exact) mass is 400 g/mol. The number of anilines is 1. The molecule has 1 saturated carbocycles. The molecule has 1 aromatic carbocycles. The van der Waals surface area contributed by atoms with Crippen molar-refractivity contribution >= 4 is 11.8 Å². The first-order chi connectivity index (χ1) is 14.1. The predicted octanol–water partition coefficient (Wildman–Crippen LogP) is 3.01. The van der Waals surface area contributed by atoms with Crippen LogP contribution in [-0.4, -0.2) is 56.0 Å². The largest absolute Gasteiger partial charge is 0.493 e. The van der Waals surface area contributed by atoms with E-state index in [-0.39, 0.29) is 17.5 Å². The number of likely N-dealkylation sites (N-methyl/N-ethyl adjacent to an activating group) is 1. The Bertz CT molecular complexity index is 856. The molecule has 4 rings (SSSR count). The number of rotatable bonds is 5. The lowest BCUT2D eigenvalue weighted by Gasteiger charge is -2.45. The third kappa shape index (κ3) is 3.64. The average molecular weight is 400 g/mol. The number of amides is 2. The van der Waals surface area contributed by atoms with Gasteiger partial charge in [-0.15, -0.1) is 0 Å². The zero-order valence-corrected chi connectivity index (χ0v) is 17.1. The first-order valence-electron chi connectivity index (χ1n) is 9.96. The second-order valence-corrected chi connectivity index (χ2v) is 7.93. The molecule has 1 aliphatic heterocycles. The van der Waals surface area contributed by atoms with Gasteiger partial charge in [0.25, 0.3) is 0 Å². The number of methoxy groups -OCH3 is 2. The van der Waals surface area contributed by atoms with Crippen molar-refractivity contribution in [1.82, 2.24) is 15.4 Å². The Morgan fingerprint density at radius 3 is 2.79 bits per heavy atom.